The van der Waals surface area contributed by atoms with Crippen LogP contribution in [0.4, 0.5) is 17.8 Å². The number of rotatable bonds is 6. The molecular formula is C14H24N6. The minimum atomic E-state index is 0.677. The summed E-state index contributed by atoms with van der Waals surface area (Å²) in [5.74, 6) is 3.81. The van der Waals surface area contributed by atoms with Crippen molar-refractivity contribution in [3.05, 3.63) is 0 Å². The number of nitrogens with zero attached hydrogens (tertiary/aromatic N) is 4. The second-order valence-electron chi connectivity index (χ2n) is 5.86. The molecule has 1 saturated heterocycles. The number of anilines is 3. The summed E-state index contributed by atoms with van der Waals surface area (Å²) in [6.45, 7) is 8.24. The Bertz CT molecular complexity index is 457. The van der Waals surface area contributed by atoms with E-state index >= 15 is 0 Å². The molecule has 1 aliphatic carbocycles. The van der Waals surface area contributed by atoms with Gasteiger partial charge >= 0.3 is 0 Å². The predicted molar refractivity (Wildman–Crippen MR) is 81.2 cm³/mol. The molecule has 2 aliphatic rings. The molecule has 2 fully saturated rings. The quantitative estimate of drug-likeness (QED) is 0.828. The predicted octanol–water partition coefficient (Wildman–Crippen LogP) is 1.97. The van der Waals surface area contributed by atoms with Crippen molar-refractivity contribution in [1.82, 2.24) is 15.0 Å². The maximum absolute atomic E-state index is 4.58. The Hall–Kier alpha value is -1.59. The molecule has 20 heavy (non-hydrogen) atoms. The molecule has 2 heterocycles. The highest BCUT2D eigenvalue weighted by Crippen LogP contribution is 2.37. The highest BCUT2D eigenvalue weighted by Gasteiger charge is 2.32. The zero-order chi connectivity index (χ0) is 13.9. The first-order chi connectivity index (χ1) is 9.76. The lowest BCUT2D eigenvalue weighted by atomic mass is 10.3. The minimum Gasteiger partial charge on any atom is -0.354 e. The van der Waals surface area contributed by atoms with Crippen molar-refractivity contribution in [3.8, 4) is 0 Å². The fourth-order valence-electron chi connectivity index (χ4n) is 2.65. The Morgan fingerprint density at radius 2 is 1.75 bits per heavy atom. The summed E-state index contributed by atoms with van der Waals surface area (Å²) >= 11 is 0. The first-order valence-corrected chi connectivity index (χ1v) is 7.75. The molecule has 1 aromatic heterocycles. The van der Waals surface area contributed by atoms with Crippen molar-refractivity contribution in [2.75, 3.05) is 41.7 Å². The highest BCUT2D eigenvalue weighted by molar-refractivity contribution is 5.44. The Morgan fingerprint density at radius 1 is 1.10 bits per heavy atom. The highest BCUT2D eigenvalue weighted by atomic mass is 15.3. The summed E-state index contributed by atoms with van der Waals surface area (Å²) in [5, 5.41) is 6.57. The van der Waals surface area contributed by atoms with E-state index in [1.165, 1.54) is 19.3 Å². The first kappa shape index (κ1) is 13.4. The van der Waals surface area contributed by atoms with Gasteiger partial charge in [0.1, 0.15) is 0 Å². The van der Waals surface area contributed by atoms with Gasteiger partial charge < -0.3 is 15.5 Å². The Kier molecular flexibility index (Phi) is 3.89. The largest absolute Gasteiger partial charge is 0.354 e. The van der Waals surface area contributed by atoms with Crippen LogP contribution in [0.2, 0.25) is 0 Å². The Morgan fingerprint density at radius 3 is 2.35 bits per heavy atom. The molecule has 3 rings (SSSR count). The van der Waals surface area contributed by atoms with E-state index in [1.54, 1.807) is 0 Å². The van der Waals surface area contributed by atoms with Gasteiger partial charge in [0, 0.05) is 26.2 Å². The molecule has 2 unspecified atom stereocenters. The molecule has 0 aromatic carbocycles. The lowest BCUT2D eigenvalue weighted by Crippen LogP contribution is -2.22. The van der Waals surface area contributed by atoms with Gasteiger partial charge in [-0.3, -0.25) is 0 Å². The van der Waals surface area contributed by atoms with E-state index in [-0.39, 0.29) is 0 Å². The van der Waals surface area contributed by atoms with Crippen LogP contribution in [0, 0.1) is 11.8 Å². The average Bonchev–Trinajstić information content (AvgIpc) is 2.93. The van der Waals surface area contributed by atoms with Crippen molar-refractivity contribution >= 4 is 17.8 Å². The number of hydrogen-bond acceptors (Lipinski definition) is 6. The van der Waals surface area contributed by atoms with E-state index < -0.39 is 0 Å². The van der Waals surface area contributed by atoms with Crippen LogP contribution in [0.1, 0.15) is 33.1 Å². The van der Waals surface area contributed by atoms with E-state index in [0.717, 1.165) is 44.0 Å². The van der Waals surface area contributed by atoms with Gasteiger partial charge in [-0.05, 0) is 38.0 Å². The van der Waals surface area contributed by atoms with E-state index in [4.69, 9.17) is 0 Å². The molecule has 6 heteroatoms. The molecule has 110 valence electrons. The lowest BCUT2D eigenvalue weighted by Gasteiger charge is -2.17. The molecule has 0 spiro atoms. The summed E-state index contributed by atoms with van der Waals surface area (Å²) in [5.41, 5.74) is 0. The smallest absolute Gasteiger partial charge is 0.231 e. The maximum Gasteiger partial charge on any atom is 0.231 e. The summed E-state index contributed by atoms with van der Waals surface area (Å²) in [6, 6.07) is 0. The van der Waals surface area contributed by atoms with Crippen LogP contribution in [0.5, 0.6) is 0 Å². The van der Waals surface area contributed by atoms with Gasteiger partial charge in [0.15, 0.2) is 0 Å². The number of aromatic nitrogens is 3. The lowest BCUT2D eigenvalue weighted by molar-refractivity contribution is 0.777. The normalized spacial score (nSPS) is 24.8. The van der Waals surface area contributed by atoms with Gasteiger partial charge in [0.2, 0.25) is 17.8 Å². The van der Waals surface area contributed by atoms with Gasteiger partial charge in [-0.1, -0.05) is 6.92 Å². The third kappa shape index (κ3) is 3.11. The van der Waals surface area contributed by atoms with E-state index in [9.17, 15) is 0 Å². The summed E-state index contributed by atoms with van der Waals surface area (Å²) in [6.07, 6.45) is 3.77. The number of hydrogen-bond donors (Lipinski definition) is 2. The molecular weight excluding hydrogens is 252 g/mol. The second kappa shape index (κ2) is 5.81. The monoisotopic (exact) mass is 276 g/mol. The molecule has 0 radical (unpaired) electrons. The van der Waals surface area contributed by atoms with Crippen LogP contribution in [0.3, 0.4) is 0 Å². The van der Waals surface area contributed by atoms with Gasteiger partial charge in [0.25, 0.3) is 0 Å². The first-order valence-electron chi connectivity index (χ1n) is 7.75. The van der Waals surface area contributed by atoms with Crippen LogP contribution in [0.15, 0.2) is 0 Å². The van der Waals surface area contributed by atoms with Crippen LogP contribution < -0.4 is 15.5 Å². The third-order valence-corrected chi connectivity index (χ3v) is 4.15. The van der Waals surface area contributed by atoms with Gasteiger partial charge in [0.05, 0.1) is 0 Å². The van der Waals surface area contributed by atoms with Crippen LogP contribution in [-0.2, 0) is 0 Å². The maximum atomic E-state index is 4.58. The van der Waals surface area contributed by atoms with Crippen molar-refractivity contribution in [2.45, 2.75) is 33.1 Å². The Labute approximate surface area is 120 Å². The Balaban J connectivity index is 1.72. The van der Waals surface area contributed by atoms with E-state index in [1.807, 2.05) is 0 Å². The molecule has 0 bridgehead atoms. The second-order valence-corrected chi connectivity index (χ2v) is 5.86. The zero-order valence-corrected chi connectivity index (χ0v) is 12.4. The fraction of sp³-hybridized carbons (Fsp3) is 0.786. The van der Waals surface area contributed by atoms with Gasteiger partial charge in [-0.2, -0.15) is 15.0 Å². The van der Waals surface area contributed by atoms with Crippen molar-refractivity contribution in [3.63, 3.8) is 0 Å². The van der Waals surface area contributed by atoms with Gasteiger partial charge in [-0.15, -0.1) is 0 Å². The third-order valence-electron chi connectivity index (χ3n) is 4.15. The van der Waals surface area contributed by atoms with Crippen LogP contribution in [0.25, 0.3) is 0 Å². The standard InChI is InChI=1S/C14H24N6/c1-3-15-12-17-13(16-9-11-8-10(11)2)19-14(18-12)20-6-4-5-7-20/h10-11H,3-9H2,1-2H3,(H2,15,16,17,18,19). The van der Waals surface area contributed by atoms with Crippen molar-refractivity contribution in [2.24, 2.45) is 11.8 Å². The molecule has 6 nitrogen and oxygen atoms in total. The average molecular weight is 276 g/mol. The van der Waals surface area contributed by atoms with E-state index in [0.29, 0.717) is 11.9 Å². The SMILES string of the molecule is CCNc1nc(NCC2CC2C)nc(N2CCCC2)n1. The van der Waals surface area contributed by atoms with E-state index in [2.05, 4.69) is 44.3 Å². The molecule has 1 aromatic rings. The fourth-order valence-corrected chi connectivity index (χ4v) is 2.65. The minimum absolute atomic E-state index is 0.677. The molecule has 1 saturated carbocycles. The molecule has 2 N–H and O–H groups in total. The topological polar surface area (TPSA) is 66.0 Å². The molecule has 0 amide bonds. The van der Waals surface area contributed by atoms with Crippen molar-refractivity contribution in [1.29, 1.82) is 0 Å². The molecule has 1 aliphatic heterocycles. The zero-order valence-electron chi connectivity index (χ0n) is 12.4. The molecule has 2 atom stereocenters. The summed E-state index contributed by atoms with van der Waals surface area (Å²) in [7, 11) is 0. The van der Waals surface area contributed by atoms with Crippen LogP contribution >= 0.6 is 0 Å². The number of nitrogens with one attached hydrogen (secondary N) is 2. The summed E-state index contributed by atoms with van der Waals surface area (Å²) < 4.78 is 0. The van der Waals surface area contributed by atoms with Crippen LogP contribution in [-0.4, -0.2) is 41.1 Å². The summed E-state index contributed by atoms with van der Waals surface area (Å²) in [4.78, 5) is 15.8. The van der Waals surface area contributed by atoms with Crippen molar-refractivity contribution < 1.29 is 0 Å². The van der Waals surface area contributed by atoms with Gasteiger partial charge in [-0.25, -0.2) is 0 Å².